The smallest absolute Gasteiger partial charge is 0.135 e. The Labute approximate surface area is 115 Å². The standard InChI is InChI=1S/C15H24N4/c1-2-9-19(12-5-4-8-16-10-12)15-13-6-3-7-14(13)17-11-18-15/h11-12,16H,2-10H2,1H3. The number of aromatic nitrogens is 2. The summed E-state index contributed by atoms with van der Waals surface area (Å²) in [7, 11) is 0. The van der Waals surface area contributed by atoms with Crippen LogP contribution in [0.2, 0.25) is 0 Å². The van der Waals surface area contributed by atoms with Crippen LogP contribution in [0.5, 0.6) is 0 Å². The number of nitrogens with one attached hydrogen (secondary N) is 1. The zero-order chi connectivity index (χ0) is 13.1. The van der Waals surface area contributed by atoms with E-state index in [2.05, 4.69) is 27.1 Å². The van der Waals surface area contributed by atoms with Crippen LogP contribution in [0.15, 0.2) is 6.33 Å². The Hall–Kier alpha value is -1.16. The van der Waals surface area contributed by atoms with Crippen molar-refractivity contribution in [1.82, 2.24) is 15.3 Å². The number of rotatable bonds is 4. The van der Waals surface area contributed by atoms with Crippen molar-refractivity contribution >= 4 is 5.82 Å². The van der Waals surface area contributed by atoms with E-state index >= 15 is 0 Å². The fraction of sp³-hybridized carbons (Fsp3) is 0.733. The Balaban J connectivity index is 1.89. The van der Waals surface area contributed by atoms with Crippen molar-refractivity contribution < 1.29 is 0 Å². The predicted molar refractivity (Wildman–Crippen MR) is 77.6 cm³/mol. The molecule has 0 aromatic carbocycles. The van der Waals surface area contributed by atoms with Crippen LogP contribution in [-0.4, -0.2) is 35.6 Å². The van der Waals surface area contributed by atoms with Crippen LogP contribution >= 0.6 is 0 Å². The molecule has 4 nitrogen and oxygen atoms in total. The molecule has 1 fully saturated rings. The zero-order valence-corrected chi connectivity index (χ0v) is 11.9. The Morgan fingerprint density at radius 3 is 3.05 bits per heavy atom. The maximum atomic E-state index is 4.63. The molecule has 1 atom stereocenters. The third-order valence-electron chi connectivity index (χ3n) is 4.30. The summed E-state index contributed by atoms with van der Waals surface area (Å²) in [6.07, 6.45) is 9.03. The van der Waals surface area contributed by atoms with Gasteiger partial charge in [-0.05, 0) is 45.1 Å². The molecule has 2 aliphatic rings. The van der Waals surface area contributed by atoms with Crippen molar-refractivity contribution in [3.05, 3.63) is 17.6 Å². The lowest BCUT2D eigenvalue weighted by Gasteiger charge is -2.36. The molecule has 1 aromatic rings. The highest BCUT2D eigenvalue weighted by Crippen LogP contribution is 2.30. The van der Waals surface area contributed by atoms with Crippen LogP contribution in [0.4, 0.5) is 5.82 Å². The molecule has 1 unspecified atom stereocenters. The Bertz CT molecular complexity index is 426. The van der Waals surface area contributed by atoms with E-state index in [9.17, 15) is 0 Å². The molecule has 104 valence electrons. The van der Waals surface area contributed by atoms with Gasteiger partial charge in [0.05, 0.1) is 0 Å². The molecule has 0 amide bonds. The number of aryl methyl sites for hydroxylation is 1. The van der Waals surface area contributed by atoms with E-state index < -0.39 is 0 Å². The fourth-order valence-corrected chi connectivity index (χ4v) is 3.39. The second-order valence-electron chi connectivity index (χ2n) is 5.67. The van der Waals surface area contributed by atoms with Crippen molar-refractivity contribution in [2.45, 2.75) is 51.5 Å². The first-order valence-electron chi connectivity index (χ1n) is 7.70. The summed E-state index contributed by atoms with van der Waals surface area (Å²) in [4.78, 5) is 11.6. The molecule has 0 saturated carbocycles. The maximum absolute atomic E-state index is 4.63. The average molecular weight is 260 g/mol. The third-order valence-corrected chi connectivity index (χ3v) is 4.30. The normalized spacial score (nSPS) is 22.3. The minimum atomic E-state index is 0.605. The SMILES string of the molecule is CCCN(c1ncnc2c1CCC2)C1CCCNC1. The van der Waals surface area contributed by atoms with Crippen LogP contribution in [0, 0.1) is 0 Å². The van der Waals surface area contributed by atoms with Gasteiger partial charge >= 0.3 is 0 Å². The predicted octanol–water partition coefficient (Wildman–Crippen LogP) is 1.93. The first-order valence-corrected chi connectivity index (χ1v) is 7.70. The molecule has 1 saturated heterocycles. The molecular formula is C15H24N4. The summed E-state index contributed by atoms with van der Waals surface area (Å²) in [5.74, 6) is 1.22. The van der Waals surface area contributed by atoms with Gasteiger partial charge in [-0.3, -0.25) is 0 Å². The molecule has 3 rings (SSSR count). The van der Waals surface area contributed by atoms with E-state index in [4.69, 9.17) is 0 Å². The van der Waals surface area contributed by atoms with Gasteiger partial charge in [0.2, 0.25) is 0 Å². The van der Waals surface area contributed by atoms with Crippen LogP contribution < -0.4 is 10.2 Å². The van der Waals surface area contributed by atoms with E-state index in [1.54, 1.807) is 6.33 Å². The number of hydrogen-bond donors (Lipinski definition) is 1. The lowest BCUT2D eigenvalue weighted by molar-refractivity contribution is 0.428. The molecule has 19 heavy (non-hydrogen) atoms. The van der Waals surface area contributed by atoms with Gasteiger partial charge in [0.1, 0.15) is 12.1 Å². The maximum Gasteiger partial charge on any atom is 0.135 e. The van der Waals surface area contributed by atoms with Gasteiger partial charge in [-0.25, -0.2) is 9.97 Å². The van der Waals surface area contributed by atoms with Gasteiger partial charge < -0.3 is 10.2 Å². The van der Waals surface area contributed by atoms with Crippen molar-refractivity contribution in [3.8, 4) is 0 Å². The minimum Gasteiger partial charge on any atom is -0.352 e. The largest absolute Gasteiger partial charge is 0.352 e. The molecule has 0 bridgehead atoms. The van der Waals surface area contributed by atoms with Crippen LogP contribution in [0.3, 0.4) is 0 Å². The molecule has 2 heterocycles. The number of hydrogen-bond acceptors (Lipinski definition) is 4. The number of fused-ring (bicyclic) bond motifs is 1. The zero-order valence-electron chi connectivity index (χ0n) is 11.9. The highest BCUT2D eigenvalue weighted by Gasteiger charge is 2.26. The highest BCUT2D eigenvalue weighted by molar-refractivity contribution is 5.51. The summed E-state index contributed by atoms with van der Waals surface area (Å²) >= 11 is 0. The van der Waals surface area contributed by atoms with Crippen LogP contribution in [-0.2, 0) is 12.8 Å². The van der Waals surface area contributed by atoms with Crippen LogP contribution in [0.1, 0.15) is 43.9 Å². The third kappa shape index (κ3) is 2.59. The molecule has 0 spiro atoms. The molecule has 1 aliphatic heterocycles. The van der Waals surface area contributed by atoms with E-state index in [1.165, 1.54) is 49.3 Å². The van der Waals surface area contributed by atoms with Gasteiger partial charge in [0.25, 0.3) is 0 Å². The first kappa shape index (κ1) is 12.9. The topological polar surface area (TPSA) is 41.1 Å². The minimum absolute atomic E-state index is 0.605. The van der Waals surface area contributed by atoms with Crippen molar-refractivity contribution in [2.24, 2.45) is 0 Å². The quantitative estimate of drug-likeness (QED) is 0.898. The van der Waals surface area contributed by atoms with E-state index in [1.807, 2.05) is 0 Å². The summed E-state index contributed by atoms with van der Waals surface area (Å²) in [5, 5.41) is 3.53. The monoisotopic (exact) mass is 260 g/mol. The Kier molecular flexibility index (Phi) is 3.97. The lowest BCUT2D eigenvalue weighted by Crippen LogP contribution is -2.47. The van der Waals surface area contributed by atoms with Gasteiger partial charge in [-0.2, -0.15) is 0 Å². The van der Waals surface area contributed by atoms with Gasteiger partial charge in [0, 0.05) is 30.4 Å². The summed E-state index contributed by atoms with van der Waals surface area (Å²) in [5.41, 5.74) is 2.70. The Morgan fingerprint density at radius 1 is 1.32 bits per heavy atom. The lowest BCUT2D eigenvalue weighted by atomic mass is 10.0. The molecule has 1 aliphatic carbocycles. The van der Waals surface area contributed by atoms with E-state index in [0.29, 0.717) is 6.04 Å². The van der Waals surface area contributed by atoms with Gasteiger partial charge in [-0.1, -0.05) is 6.92 Å². The Morgan fingerprint density at radius 2 is 2.26 bits per heavy atom. The van der Waals surface area contributed by atoms with Crippen molar-refractivity contribution in [2.75, 3.05) is 24.5 Å². The van der Waals surface area contributed by atoms with Crippen LogP contribution in [0.25, 0.3) is 0 Å². The van der Waals surface area contributed by atoms with E-state index in [0.717, 1.165) is 25.9 Å². The summed E-state index contributed by atoms with van der Waals surface area (Å²) in [6.45, 7) is 5.62. The van der Waals surface area contributed by atoms with Gasteiger partial charge in [-0.15, -0.1) is 0 Å². The number of piperidine rings is 1. The summed E-state index contributed by atoms with van der Waals surface area (Å²) in [6, 6.07) is 0.605. The highest BCUT2D eigenvalue weighted by atomic mass is 15.2. The molecular weight excluding hydrogens is 236 g/mol. The number of nitrogens with zero attached hydrogens (tertiary/aromatic N) is 3. The molecule has 4 heteroatoms. The molecule has 1 N–H and O–H groups in total. The average Bonchev–Trinajstić information content (AvgIpc) is 2.94. The first-order chi connectivity index (χ1) is 9.40. The summed E-state index contributed by atoms with van der Waals surface area (Å²) < 4.78 is 0. The second-order valence-corrected chi connectivity index (χ2v) is 5.67. The van der Waals surface area contributed by atoms with Gasteiger partial charge in [0.15, 0.2) is 0 Å². The van der Waals surface area contributed by atoms with Crippen molar-refractivity contribution in [3.63, 3.8) is 0 Å². The number of anilines is 1. The van der Waals surface area contributed by atoms with E-state index in [-0.39, 0.29) is 0 Å². The van der Waals surface area contributed by atoms with Crippen molar-refractivity contribution in [1.29, 1.82) is 0 Å². The molecule has 1 aromatic heterocycles. The molecule has 0 radical (unpaired) electrons. The second kappa shape index (κ2) is 5.87. The fourth-order valence-electron chi connectivity index (χ4n) is 3.39.